The number of aliphatic hydroxyl groups is 1. The Hall–Kier alpha value is -1.72. The lowest BCUT2D eigenvalue weighted by molar-refractivity contribution is -1.11. The van der Waals surface area contributed by atoms with Crippen molar-refractivity contribution in [2.24, 2.45) is 0 Å². The van der Waals surface area contributed by atoms with Gasteiger partial charge in [0.15, 0.2) is 0 Å². The predicted molar refractivity (Wildman–Crippen MR) is 98.2 cm³/mol. The van der Waals surface area contributed by atoms with Crippen molar-refractivity contribution in [3.63, 3.8) is 0 Å². The largest absolute Gasteiger partial charge is 0.387 e. The smallest absolute Gasteiger partial charge is 0.135 e. The molecule has 134 valence electrons. The molecule has 1 aliphatic rings. The van der Waals surface area contributed by atoms with Crippen LogP contribution in [0.3, 0.4) is 0 Å². The van der Waals surface area contributed by atoms with E-state index in [2.05, 4.69) is 24.3 Å². The number of nitrogens with zero attached hydrogens (tertiary/aromatic N) is 1. The molecule has 25 heavy (non-hydrogen) atoms. The number of ether oxygens (including phenoxy) is 1. The summed E-state index contributed by atoms with van der Waals surface area (Å²) in [5.74, 6) is 0. The van der Waals surface area contributed by atoms with Crippen LogP contribution in [-0.4, -0.2) is 52.9 Å². The van der Waals surface area contributed by atoms with E-state index >= 15 is 0 Å². The number of hydrogen-bond acceptors (Lipinski definition) is 3. The highest BCUT2D eigenvalue weighted by molar-refractivity contribution is 5.67. The zero-order valence-corrected chi connectivity index (χ0v) is 15.0. The molecule has 0 amide bonds. The van der Waals surface area contributed by atoms with Gasteiger partial charge in [-0.3, -0.25) is 0 Å². The summed E-state index contributed by atoms with van der Waals surface area (Å²) in [5, 5.41) is 21.5. The first kappa shape index (κ1) is 18.1. The van der Waals surface area contributed by atoms with Crippen LogP contribution in [0.4, 0.5) is 0 Å². The maximum Gasteiger partial charge on any atom is 0.135 e. The number of hydroxylamine groups is 3. The van der Waals surface area contributed by atoms with Crippen molar-refractivity contribution in [2.75, 3.05) is 19.6 Å². The van der Waals surface area contributed by atoms with Crippen LogP contribution in [-0.2, 0) is 11.2 Å². The summed E-state index contributed by atoms with van der Waals surface area (Å²) >= 11 is 0. The Morgan fingerprint density at radius 1 is 1.00 bits per heavy atom. The first-order valence-corrected chi connectivity index (χ1v) is 9.01. The SMILES string of the molecule is CC1C[N+](O)(CC(O)Cc2ccccc2-c2ccccc2)CC(C)O1. The third kappa shape index (κ3) is 4.67. The van der Waals surface area contributed by atoms with Crippen LogP contribution in [0.15, 0.2) is 54.6 Å². The van der Waals surface area contributed by atoms with Gasteiger partial charge in [-0.05, 0) is 30.5 Å². The van der Waals surface area contributed by atoms with Gasteiger partial charge in [-0.2, -0.15) is 4.65 Å². The van der Waals surface area contributed by atoms with Crippen LogP contribution in [0.25, 0.3) is 11.1 Å². The quantitative estimate of drug-likeness (QED) is 0.820. The van der Waals surface area contributed by atoms with Crippen LogP contribution in [0.5, 0.6) is 0 Å². The summed E-state index contributed by atoms with van der Waals surface area (Å²) < 4.78 is 5.57. The highest BCUT2D eigenvalue weighted by Gasteiger charge is 2.38. The number of benzene rings is 2. The van der Waals surface area contributed by atoms with Crippen LogP contribution >= 0.6 is 0 Å². The average molecular weight is 342 g/mol. The Morgan fingerprint density at radius 3 is 2.28 bits per heavy atom. The van der Waals surface area contributed by atoms with Crippen LogP contribution in [0.1, 0.15) is 19.4 Å². The summed E-state index contributed by atoms with van der Waals surface area (Å²) in [6.07, 6.45) is -0.0858. The van der Waals surface area contributed by atoms with Crippen LogP contribution in [0.2, 0.25) is 0 Å². The number of quaternary nitrogens is 1. The molecule has 4 nitrogen and oxygen atoms in total. The fraction of sp³-hybridized carbons (Fsp3) is 0.429. The lowest BCUT2D eigenvalue weighted by Gasteiger charge is -2.40. The topological polar surface area (TPSA) is 49.7 Å². The molecule has 3 unspecified atom stereocenters. The van der Waals surface area contributed by atoms with Crippen molar-refractivity contribution >= 4 is 0 Å². The number of aliphatic hydroxyl groups excluding tert-OH is 1. The zero-order valence-electron chi connectivity index (χ0n) is 15.0. The Kier molecular flexibility index (Phi) is 5.54. The van der Waals surface area contributed by atoms with E-state index in [1.54, 1.807) is 0 Å². The van der Waals surface area contributed by atoms with Crippen molar-refractivity contribution in [2.45, 2.75) is 38.6 Å². The summed E-state index contributed by atoms with van der Waals surface area (Å²) in [6, 6.07) is 18.4. The van der Waals surface area contributed by atoms with E-state index in [4.69, 9.17) is 4.74 Å². The first-order chi connectivity index (χ1) is 12.0. The molecule has 2 N–H and O–H groups in total. The third-order valence-electron chi connectivity index (χ3n) is 4.77. The van der Waals surface area contributed by atoms with E-state index in [9.17, 15) is 10.3 Å². The van der Waals surface area contributed by atoms with Crippen molar-refractivity contribution in [3.8, 4) is 11.1 Å². The standard InChI is InChI=1S/C21H28NO3/c1-16-13-22(24,14-17(2)25-16)15-20(23)12-19-10-6-7-11-21(19)18-8-4-3-5-9-18/h3-11,16-17,20,23-24H,12-15H2,1-2H3/q+1. The van der Waals surface area contributed by atoms with E-state index in [1.165, 1.54) is 0 Å². The Labute approximate surface area is 149 Å². The Morgan fingerprint density at radius 2 is 1.60 bits per heavy atom. The molecule has 0 saturated carbocycles. The molecular formula is C21H28NO3+. The first-order valence-electron chi connectivity index (χ1n) is 9.01. The maximum atomic E-state index is 10.8. The second-order valence-corrected chi connectivity index (χ2v) is 7.28. The van der Waals surface area contributed by atoms with Crippen molar-refractivity contribution < 1.29 is 19.7 Å². The molecule has 1 fully saturated rings. The van der Waals surface area contributed by atoms with Crippen molar-refractivity contribution in [1.82, 2.24) is 0 Å². The normalized spacial score (nSPS) is 27.8. The van der Waals surface area contributed by atoms with Gasteiger partial charge >= 0.3 is 0 Å². The third-order valence-corrected chi connectivity index (χ3v) is 4.77. The van der Waals surface area contributed by atoms with Crippen LogP contribution in [0, 0.1) is 0 Å². The van der Waals surface area contributed by atoms with Gasteiger partial charge in [0.25, 0.3) is 0 Å². The van der Waals surface area contributed by atoms with E-state index in [0.29, 0.717) is 26.1 Å². The fourth-order valence-corrected chi connectivity index (χ4v) is 3.97. The minimum absolute atomic E-state index is 0.00226. The summed E-state index contributed by atoms with van der Waals surface area (Å²) in [4.78, 5) is 0. The Balaban J connectivity index is 1.72. The lowest BCUT2D eigenvalue weighted by Crippen LogP contribution is -2.60. The molecule has 3 rings (SSSR count). The number of rotatable bonds is 5. The molecule has 0 aliphatic carbocycles. The van der Waals surface area contributed by atoms with Gasteiger partial charge in [0, 0.05) is 6.42 Å². The second-order valence-electron chi connectivity index (χ2n) is 7.28. The number of morpholine rings is 1. The molecule has 0 aromatic heterocycles. The number of hydrogen-bond donors (Lipinski definition) is 2. The fourth-order valence-electron chi connectivity index (χ4n) is 3.97. The van der Waals surface area contributed by atoms with E-state index in [-0.39, 0.29) is 16.9 Å². The zero-order chi connectivity index (χ0) is 17.9. The van der Waals surface area contributed by atoms with Gasteiger partial charge in [-0.15, -0.1) is 0 Å². The van der Waals surface area contributed by atoms with Crippen molar-refractivity contribution in [3.05, 3.63) is 60.2 Å². The minimum Gasteiger partial charge on any atom is -0.387 e. The molecule has 0 radical (unpaired) electrons. The average Bonchev–Trinajstić information content (AvgIpc) is 2.54. The van der Waals surface area contributed by atoms with E-state index in [1.807, 2.05) is 44.2 Å². The van der Waals surface area contributed by atoms with E-state index < -0.39 is 6.10 Å². The maximum absolute atomic E-state index is 10.8. The monoisotopic (exact) mass is 342 g/mol. The molecular weight excluding hydrogens is 314 g/mol. The summed E-state index contributed by atoms with van der Waals surface area (Å²) in [7, 11) is 0. The van der Waals surface area contributed by atoms with Crippen molar-refractivity contribution in [1.29, 1.82) is 0 Å². The molecule has 2 aromatic rings. The van der Waals surface area contributed by atoms with Gasteiger partial charge in [0.05, 0.1) is 0 Å². The molecule has 4 heteroatoms. The molecule has 0 spiro atoms. The highest BCUT2D eigenvalue weighted by Crippen LogP contribution is 2.25. The predicted octanol–water partition coefficient (Wildman–Crippen LogP) is 3.27. The van der Waals surface area contributed by atoms with Gasteiger partial charge in [-0.1, -0.05) is 54.6 Å². The Bertz CT molecular complexity index is 679. The van der Waals surface area contributed by atoms with E-state index in [0.717, 1.165) is 16.7 Å². The minimum atomic E-state index is -0.604. The van der Waals surface area contributed by atoms with Gasteiger partial charge in [0.1, 0.15) is 37.9 Å². The molecule has 3 atom stereocenters. The van der Waals surface area contributed by atoms with Gasteiger partial charge in [0.2, 0.25) is 0 Å². The summed E-state index contributed by atoms with van der Waals surface area (Å²) in [5.41, 5.74) is 3.38. The second kappa shape index (κ2) is 7.67. The highest BCUT2D eigenvalue weighted by atomic mass is 16.6. The van der Waals surface area contributed by atoms with Gasteiger partial charge in [-0.25, -0.2) is 5.21 Å². The van der Waals surface area contributed by atoms with Crippen LogP contribution < -0.4 is 0 Å². The van der Waals surface area contributed by atoms with Gasteiger partial charge < -0.3 is 9.84 Å². The molecule has 1 aliphatic heterocycles. The molecule has 0 bridgehead atoms. The lowest BCUT2D eigenvalue weighted by atomic mass is 9.95. The molecule has 1 heterocycles. The molecule has 1 saturated heterocycles. The molecule has 2 aromatic carbocycles. The summed E-state index contributed by atoms with van der Waals surface area (Å²) in [6.45, 7) is 5.29.